The minimum atomic E-state index is 0.396. The number of thiocarbonyl (C=S) groups is 1. The molecule has 210 valence electrons. The Morgan fingerprint density at radius 1 is 0.872 bits per heavy atom. The third kappa shape index (κ3) is 8.06. The van der Waals surface area contributed by atoms with E-state index >= 15 is 0 Å². The van der Waals surface area contributed by atoms with Crippen LogP contribution in [0.3, 0.4) is 0 Å². The van der Waals surface area contributed by atoms with Gasteiger partial charge in [-0.25, -0.2) is 0 Å². The highest BCUT2D eigenvalue weighted by molar-refractivity contribution is 7.80. The van der Waals surface area contributed by atoms with Gasteiger partial charge in [0, 0.05) is 38.6 Å². The molecule has 2 atom stereocenters. The Morgan fingerprint density at radius 2 is 1.62 bits per heavy atom. The molecule has 2 aromatic rings. The topological polar surface area (TPSA) is 30.9 Å². The van der Waals surface area contributed by atoms with Crippen molar-refractivity contribution in [2.24, 2.45) is 16.8 Å². The minimum Gasteiger partial charge on any atom is -0.371 e. The molecule has 3 aliphatic rings. The van der Waals surface area contributed by atoms with E-state index in [0.29, 0.717) is 12.1 Å². The monoisotopic (exact) mass is 544 g/mol. The Labute approximate surface area is 242 Å². The first kappa shape index (κ1) is 28.1. The van der Waals surface area contributed by atoms with E-state index in [1.807, 2.05) is 0 Å². The van der Waals surface area contributed by atoms with Gasteiger partial charge in [-0.1, -0.05) is 80.4 Å². The van der Waals surface area contributed by atoms with Gasteiger partial charge in [0.15, 0.2) is 5.11 Å². The second-order valence-corrected chi connectivity index (χ2v) is 12.6. The van der Waals surface area contributed by atoms with E-state index in [1.54, 1.807) is 0 Å². The van der Waals surface area contributed by atoms with Crippen LogP contribution < -0.4 is 5.32 Å². The molecule has 2 aromatic carbocycles. The second-order valence-electron chi connectivity index (χ2n) is 12.2. The number of nitrogens with zero attached hydrogens (tertiary/aromatic N) is 3. The van der Waals surface area contributed by atoms with Gasteiger partial charge in [0.1, 0.15) is 0 Å². The molecule has 0 unspecified atom stereocenters. The number of aliphatic imine (C=N–C) groups is 1. The van der Waals surface area contributed by atoms with Crippen molar-refractivity contribution in [3.8, 4) is 0 Å². The zero-order chi connectivity index (χ0) is 26.9. The van der Waals surface area contributed by atoms with Crippen LogP contribution in [0.1, 0.15) is 88.3 Å². The van der Waals surface area contributed by atoms with E-state index in [2.05, 4.69) is 82.7 Å². The van der Waals surface area contributed by atoms with Gasteiger partial charge in [0.25, 0.3) is 0 Å². The summed E-state index contributed by atoms with van der Waals surface area (Å²) in [6.45, 7) is 6.62. The fraction of sp³-hybridized carbons (Fsp3) is 0.588. The summed E-state index contributed by atoms with van der Waals surface area (Å²) >= 11 is 6.12. The zero-order valence-electron chi connectivity index (χ0n) is 23.9. The van der Waals surface area contributed by atoms with E-state index in [0.717, 1.165) is 68.8 Å². The number of rotatable bonds is 12. The minimum absolute atomic E-state index is 0.396. The summed E-state index contributed by atoms with van der Waals surface area (Å²) in [5, 5.41) is 4.85. The molecule has 1 saturated carbocycles. The second kappa shape index (κ2) is 14.3. The van der Waals surface area contributed by atoms with Crippen molar-refractivity contribution in [1.82, 2.24) is 15.1 Å². The Bertz CT molecular complexity index is 1050. The molecular weight excluding hydrogens is 496 g/mol. The molecule has 0 spiro atoms. The number of nitrogens with one attached hydrogen (secondary N) is 1. The molecule has 4 nitrogen and oxygen atoms in total. The molecule has 0 amide bonds. The van der Waals surface area contributed by atoms with E-state index in [4.69, 9.17) is 17.2 Å². The van der Waals surface area contributed by atoms with E-state index < -0.39 is 0 Å². The average molecular weight is 545 g/mol. The van der Waals surface area contributed by atoms with Crippen LogP contribution in [-0.2, 0) is 6.42 Å². The summed E-state index contributed by atoms with van der Waals surface area (Å²) in [5.41, 5.74) is 2.84. The van der Waals surface area contributed by atoms with Gasteiger partial charge in [-0.15, -0.1) is 0 Å². The molecule has 0 aromatic heterocycles. The van der Waals surface area contributed by atoms with Crippen LogP contribution in [0.2, 0.25) is 0 Å². The standard InChI is InChI=1S/C34H48N4S/c1-27-18-20-29(21-19-27)25-38-32(30-14-6-3-7-15-30)26-37(34(38)39)24-9-8-16-31-22-23-35-33(36-31)17-10-13-28-11-4-2-5-12-28/h2-7,11-12,14-15,27,29,31-32H,8-10,13,16-26H2,1H3,(H,35,36)/t27?,29?,31-,32-/m0/s1. The number of hydrogen-bond acceptors (Lipinski definition) is 3. The van der Waals surface area contributed by atoms with Crippen LogP contribution in [0.4, 0.5) is 0 Å². The first-order chi connectivity index (χ1) is 19.2. The van der Waals surface area contributed by atoms with Crippen LogP contribution in [0.5, 0.6) is 0 Å². The molecule has 2 aliphatic heterocycles. The summed E-state index contributed by atoms with van der Waals surface area (Å²) < 4.78 is 0. The van der Waals surface area contributed by atoms with Crippen molar-refractivity contribution in [3.05, 3.63) is 71.8 Å². The molecule has 1 saturated heterocycles. The Balaban J connectivity index is 1.06. The number of aryl methyl sites for hydroxylation is 1. The summed E-state index contributed by atoms with van der Waals surface area (Å²) in [4.78, 5) is 9.86. The lowest BCUT2D eigenvalue weighted by atomic mass is 9.82. The molecule has 0 bridgehead atoms. The smallest absolute Gasteiger partial charge is 0.172 e. The summed E-state index contributed by atoms with van der Waals surface area (Å²) in [5.74, 6) is 2.90. The quantitative estimate of drug-likeness (QED) is 0.223. The van der Waals surface area contributed by atoms with Gasteiger partial charge in [0.05, 0.1) is 11.9 Å². The Hall–Kier alpha value is -2.40. The molecule has 1 N–H and O–H groups in total. The maximum atomic E-state index is 6.12. The lowest BCUT2D eigenvalue weighted by molar-refractivity contribution is 0.223. The highest BCUT2D eigenvalue weighted by Gasteiger charge is 2.36. The van der Waals surface area contributed by atoms with Crippen LogP contribution in [-0.4, -0.2) is 53.0 Å². The lowest BCUT2D eigenvalue weighted by Gasteiger charge is -2.33. The SMILES string of the molecule is CC1CCC(CN2C(=S)N(CCCC[C@H]3CCN=C(CCCc4ccccc4)N3)C[C@H]2c2ccccc2)CC1. The number of unbranched alkanes of at least 4 members (excludes halogenated alkanes) is 1. The Kier molecular flexibility index (Phi) is 10.3. The van der Waals surface area contributed by atoms with Crippen molar-refractivity contribution in [2.45, 2.75) is 89.6 Å². The van der Waals surface area contributed by atoms with E-state index in [-0.39, 0.29) is 0 Å². The van der Waals surface area contributed by atoms with Crippen molar-refractivity contribution < 1.29 is 0 Å². The summed E-state index contributed by atoms with van der Waals surface area (Å²) in [7, 11) is 0. The summed E-state index contributed by atoms with van der Waals surface area (Å²) in [6, 6.07) is 22.8. The first-order valence-electron chi connectivity index (χ1n) is 15.6. The molecule has 0 radical (unpaired) electrons. The Morgan fingerprint density at radius 3 is 2.38 bits per heavy atom. The molecule has 2 heterocycles. The normalized spacial score (nSPS) is 25.5. The largest absolute Gasteiger partial charge is 0.371 e. The predicted molar refractivity (Wildman–Crippen MR) is 168 cm³/mol. The van der Waals surface area contributed by atoms with Gasteiger partial charge in [-0.2, -0.15) is 0 Å². The highest BCUT2D eigenvalue weighted by atomic mass is 32.1. The first-order valence-corrected chi connectivity index (χ1v) is 16.0. The fourth-order valence-electron chi connectivity index (χ4n) is 6.72. The maximum Gasteiger partial charge on any atom is 0.172 e. The fourth-order valence-corrected chi connectivity index (χ4v) is 7.09. The van der Waals surface area contributed by atoms with Crippen LogP contribution >= 0.6 is 12.2 Å². The van der Waals surface area contributed by atoms with Crippen molar-refractivity contribution in [1.29, 1.82) is 0 Å². The van der Waals surface area contributed by atoms with Crippen molar-refractivity contribution in [3.63, 3.8) is 0 Å². The van der Waals surface area contributed by atoms with E-state index in [9.17, 15) is 0 Å². The van der Waals surface area contributed by atoms with Crippen molar-refractivity contribution >= 4 is 23.2 Å². The van der Waals surface area contributed by atoms with Gasteiger partial charge in [-0.3, -0.25) is 4.99 Å². The predicted octanol–water partition coefficient (Wildman–Crippen LogP) is 7.41. The van der Waals surface area contributed by atoms with Gasteiger partial charge in [0.2, 0.25) is 0 Å². The molecule has 1 aliphatic carbocycles. The lowest BCUT2D eigenvalue weighted by Crippen LogP contribution is -2.39. The van der Waals surface area contributed by atoms with Gasteiger partial charge < -0.3 is 15.1 Å². The third-order valence-corrected chi connectivity index (χ3v) is 9.66. The van der Waals surface area contributed by atoms with E-state index in [1.165, 1.54) is 61.9 Å². The number of benzene rings is 2. The molecule has 2 fully saturated rings. The van der Waals surface area contributed by atoms with Crippen LogP contribution in [0.25, 0.3) is 0 Å². The van der Waals surface area contributed by atoms with Crippen molar-refractivity contribution in [2.75, 3.05) is 26.2 Å². The average Bonchev–Trinajstić information content (AvgIpc) is 3.28. The van der Waals surface area contributed by atoms with Gasteiger partial charge in [-0.05, 0) is 86.5 Å². The van der Waals surface area contributed by atoms with Crippen LogP contribution in [0.15, 0.2) is 65.7 Å². The highest BCUT2D eigenvalue weighted by Crippen LogP contribution is 2.35. The zero-order valence-corrected chi connectivity index (χ0v) is 24.8. The molecular formula is C34H48N4S. The molecule has 5 rings (SSSR count). The number of amidine groups is 1. The molecule has 5 heteroatoms. The van der Waals surface area contributed by atoms with Crippen LogP contribution in [0, 0.1) is 11.8 Å². The van der Waals surface area contributed by atoms with Gasteiger partial charge >= 0.3 is 0 Å². The molecule has 39 heavy (non-hydrogen) atoms. The summed E-state index contributed by atoms with van der Waals surface area (Å²) in [6.07, 6.45) is 13.6. The number of hydrogen-bond donors (Lipinski definition) is 1. The third-order valence-electron chi connectivity index (χ3n) is 9.16. The maximum absolute atomic E-state index is 6.12.